The first-order valence-electron chi connectivity index (χ1n) is 3.78. The minimum atomic E-state index is 0.464. The van der Waals surface area contributed by atoms with Crippen molar-refractivity contribution in [1.82, 2.24) is 30.6 Å². The van der Waals surface area contributed by atoms with Crippen molar-refractivity contribution in [2.45, 2.75) is 6.54 Å². The third kappa shape index (κ3) is 2.02. The van der Waals surface area contributed by atoms with Crippen molar-refractivity contribution in [2.75, 3.05) is 5.32 Å². The van der Waals surface area contributed by atoms with Gasteiger partial charge in [-0.2, -0.15) is 5.21 Å². The molecule has 0 saturated heterocycles. The summed E-state index contributed by atoms with van der Waals surface area (Å²) < 4.78 is 0.795. The number of H-pyrrole nitrogens is 1. The van der Waals surface area contributed by atoms with Crippen LogP contribution in [0.25, 0.3) is 0 Å². The van der Waals surface area contributed by atoms with Crippen LogP contribution in [0.1, 0.15) is 5.82 Å². The van der Waals surface area contributed by atoms with Crippen molar-refractivity contribution in [3.8, 4) is 0 Å². The summed E-state index contributed by atoms with van der Waals surface area (Å²) in [7, 11) is 0. The molecule has 0 saturated carbocycles. The van der Waals surface area contributed by atoms with E-state index in [2.05, 4.69) is 51.8 Å². The van der Waals surface area contributed by atoms with Crippen LogP contribution in [0.15, 0.2) is 17.0 Å². The topological polar surface area (TPSA) is 92.3 Å². The molecule has 2 heterocycles. The maximum atomic E-state index is 4.02. The third-order valence-electron chi connectivity index (χ3n) is 1.47. The number of nitrogens with one attached hydrogen (secondary N) is 2. The van der Waals surface area contributed by atoms with E-state index >= 15 is 0 Å². The number of hydrogen-bond acceptors (Lipinski definition) is 6. The summed E-state index contributed by atoms with van der Waals surface area (Å²) in [6.45, 7) is 0.464. The van der Waals surface area contributed by atoms with E-state index in [4.69, 9.17) is 0 Å². The highest BCUT2D eigenvalue weighted by Crippen LogP contribution is 2.16. The maximum Gasteiger partial charge on any atom is 0.193 e. The lowest BCUT2D eigenvalue weighted by molar-refractivity contribution is 0.881. The average Bonchev–Trinajstić information content (AvgIpc) is 2.69. The van der Waals surface area contributed by atoms with Gasteiger partial charge in [0.2, 0.25) is 0 Å². The molecule has 0 fully saturated rings. The molecule has 7 nitrogen and oxygen atoms in total. The van der Waals surface area contributed by atoms with Gasteiger partial charge in [0, 0.05) is 6.20 Å². The predicted octanol–water partition coefficient (Wildman–Crippen LogP) is 0.364. The standard InChI is InChI=1S/C6H6BrN7/c7-4-1-8-3-10-6(4)9-2-5-11-13-14-12-5/h1,3H,2H2,(H,8,9,10)(H,11,12,13,14). The molecular formula is C6H6BrN7. The third-order valence-corrected chi connectivity index (χ3v) is 2.05. The summed E-state index contributed by atoms with van der Waals surface area (Å²) >= 11 is 3.31. The van der Waals surface area contributed by atoms with Crippen molar-refractivity contribution >= 4 is 21.7 Å². The van der Waals surface area contributed by atoms with Crippen LogP contribution in [-0.2, 0) is 6.54 Å². The van der Waals surface area contributed by atoms with E-state index in [0.29, 0.717) is 18.2 Å². The SMILES string of the molecule is Brc1cncnc1NCc1nn[nH]n1. The number of anilines is 1. The van der Waals surface area contributed by atoms with Gasteiger partial charge >= 0.3 is 0 Å². The van der Waals surface area contributed by atoms with E-state index in [-0.39, 0.29) is 0 Å². The monoisotopic (exact) mass is 255 g/mol. The van der Waals surface area contributed by atoms with Crippen LogP contribution in [0.2, 0.25) is 0 Å². The quantitative estimate of drug-likeness (QED) is 0.823. The Labute approximate surface area is 87.5 Å². The Morgan fingerprint density at radius 2 is 2.43 bits per heavy atom. The van der Waals surface area contributed by atoms with E-state index in [1.165, 1.54) is 6.33 Å². The van der Waals surface area contributed by atoms with E-state index in [0.717, 1.165) is 4.47 Å². The van der Waals surface area contributed by atoms with Crippen LogP contribution in [0, 0.1) is 0 Å². The predicted molar refractivity (Wildman–Crippen MR) is 51.2 cm³/mol. The molecule has 0 bridgehead atoms. The Kier molecular flexibility index (Phi) is 2.63. The molecule has 72 valence electrons. The summed E-state index contributed by atoms with van der Waals surface area (Å²) in [5.41, 5.74) is 0. The van der Waals surface area contributed by atoms with Crippen molar-refractivity contribution in [1.29, 1.82) is 0 Å². The summed E-state index contributed by atoms with van der Waals surface area (Å²) in [6, 6.07) is 0. The van der Waals surface area contributed by atoms with Crippen LogP contribution in [0.4, 0.5) is 5.82 Å². The van der Waals surface area contributed by atoms with Gasteiger partial charge in [-0.3, -0.25) is 0 Å². The fraction of sp³-hybridized carbons (Fsp3) is 0.167. The lowest BCUT2D eigenvalue weighted by Crippen LogP contribution is -2.03. The summed E-state index contributed by atoms with van der Waals surface area (Å²) in [5.74, 6) is 1.28. The molecule has 0 unspecified atom stereocenters. The van der Waals surface area contributed by atoms with Gasteiger partial charge in [-0.25, -0.2) is 9.97 Å². The first kappa shape index (κ1) is 9.00. The number of hydrogen-bond donors (Lipinski definition) is 2. The minimum Gasteiger partial charge on any atom is -0.362 e. The highest BCUT2D eigenvalue weighted by Gasteiger charge is 2.02. The van der Waals surface area contributed by atoms with Gasteiger partial charge in [0.15, 0.2) is 5.82 Å². The van der Waals surface area contributed by atoms with Crippen molar-refractivity contribution in [3.05, 3.63) is 22.8 Å². The van der Waals surface area contributed by atoms with E-state index < -0.39 is 0 Å². The molecule has 0 amide bonds. The van der Waals surface area contributed by atoms with E-state index in [1.807, 2.05) is 0 Å². The van der Waals surface area contributed by atoms with Crippen LogP contribution >= 0.6 is 15.9 Å². The molecule has 0 spiro atoms. The van der Waals surface area contributed by atoms with E-state index in [1.54, 1.807) is 6.20 Å². The lowest BCUT2D eigenvalue weighted by atomic mass is 10.5. The largest absolute Gasteiger partial charge is 0.362 e. The number of halogens is 1. The normalized spacial score (nSPS) is 10.1. The Hall–Kier alpha value is -1.57. The second kappa shape index (κ2) is 4.09. The number of aromatic amines is 1. The number of nitrogens with zero attached hydrogens (tertiary/aromatic N) is 5. The molecule has 2 aromatic heterocycles. The molecule has 2 rings (SSSR count). The summed E-state index contributed by atoms with van der Waals surface area (Å²) in [6.07, 6.45) is 3.12. The Morgan fingerprint density at radius 1 is 1.50 bits per heavy atom. The van der Waals surface area contributed by atoms with Gasteiger partial charge in [0.05, 0.1) is 11.0 Å². The molecule has 0 aliphatic heterocycles. The van der Waals surface area contributed by atoms with Gasteiger partial charge in [0.25, 0.3) is 0 Å². The summed E-state index contributed by atoms with van der Waals surface area (Å²) in [5, 5.41) is 16.4. The second-order valence-electron chi connectivity index (χ2n) is 2.40. The van der Waals surface area contributed by atoms with Crippen molar-refractivity contribution in [3.63, 3.8) is 0 Å². The molecule has 0 aromatic carbocycles. The molecular weight excluding hydrogens is 250 g/mol. The Morgan fingerprint density at radius 3 is 3.14 bits per heavy atom. The van der Waals surface area contributed by atoms with Crippen LogP contribution in [0.3, 0.4) is 0 Å². The fourth-order valence-electron chi connectivity index (χ4n) is 0.863. The summed E-state index contributed by atoms with van der Waals surface area (Å²) in [4.78, 5) is 7.86. The van der Waals surface area contributed by atoms with Gasteiger partial charge < -0.3 is 5.32 Å². The maximum absolute atomic E-state index is 4.02. The highest BCUT2D eigenvalue weighted by atomic mass is 79.9. The van der Waals surface area contributed by atoms with Crippen molar-refractivity contribution in [2.24, 2.45) is 0 Å². The molecule has 14 heavy (non-hydrogen) atoms. The van der Waals surface area contributed by atoms with Gasteiger partial charge in [-0.15, -0.1) is 10.2 Å². The zero-order valence-corrected chi connectivity index (χ0v) is 8.56. The smallest absolute Gasteiger partial charge is 0.193 e. The Bertz CT molecular complexity index is 400. The van der Waals surface area contributed by atoms with Gasteiger partial charge in [-0.1, -0.05) is 5.21 Å². The minimum absolute atomic E-state index is 0.464. The zero-order valence-electron chi connectivity index (χ0n) is 6.98. The van der Waals surface area contributed by atoms with Crippen molar-refractivity contribution < 1.29 is 0 Å². The molecule has 0 radical (unpaired) electrons. The second-order valence-corrected chi connectivity index (χ2v) is 3.26. The molecule has 8 heteroatoms. The molecule has 2 aromatic rings. The average molecular weight is 256 g/mol. The molecule has 0 aliphatic rings. The molecule has 0 aliphatic carbocycles. The zero-order chi connectivity index (χ0) is 9.80. The lowest BCUT2D eigenvalue weighted by Gasteiger charge is -2.02. The van der Waals surface area contributed by atoms with Crippen LogP contribution in [0.5, 0.6) is 0 Å². The number of tetrazole rings is 1. The molecule has 2 N–H and O–H groups in total. The van der Waals surface area contributed by atoms with E-state index in [9.17, 15) is 0 Å². The number of aromatic nitrogens is 6. The first-order valence-corrected chi connectivity index (χ1v) is 4.57. The van der Waals surface area contributed by atoms with Gasteiger partial charge in [-0.05, 0) is 15.9 Å². The highest BCUT2D eigenvalue weighted by molar-refractivity contribution is 9.10. The Balaban J connectivity index is 2.02. The van der Waals surface area contributed by atoms with Crippen LogP contribution in [-0.4, -0.2) is 30.6 Å². The van der Waals surface area contributed by atoms with Gasteiger partial charge in [0.1, 0.15) is 12.1 Å². The fourth-order valence-corrected chi connectivity index (χ4v) is 1.22. The number of rotatable bonds is 3. The molecule has 0 atom stereocenters. The first-order chi connectivity index (χ1) is 6.86. The van der Waals surface area contributed by atoms with Crippen LogP contribution < -0.4 is 5.32 Å².